The highest BCUT2D eigenvalue weighted by Crippen LogP contribution is 2.34. The summed E-state index contributed by atoms with van der Waals surface area (Å²) in [7, 11) is 1.61. The molecule has 1 amide bonds. The summed E-state index contributed by atoms with van der Waals surface area (Å²) in [5, 5.41) is 9.71. The number of hydrogen-bond acceptors (Lipinski definition) is 3. The molecule has 2 saturated carbocycles. The van der Waals surface area contributed by atoms with Crippen LogP contribution in [0.4, 0.5) is 0 Å². The molecule has 2 aliphatic rings. The molecule has 0 heterocycles. The van der Waals surface area contributed by atoms with Crippen molar-refractivity contribution in [3.8, 4) is 5.75 Å². The fourth-order valence-electron chi connectivity index (χ4n) is 3.41. The molecule has 5 heteroatoms. The number of carbonyl (C=O) groups is 2. The van der Waals surface area contributed by atoms with Crippen molar-refractivity contribution in [3.63, 3.8) is 0 Å². The van der Waals surface area contributed by atoms with E-state index in [1.807, 2.05) is 0 Å². The van der Waals surface area contributed by atoms with Crippen LogP contribution in [0.25, 0.3) is 0 Å². The number of likely N-dealkylation sites (N-methyl/N-ethyl adjacent to an activating group) is 1. The zero-order valence-electron chi connectivity index (χ0n) is 14.2. The maximum Gasteiger partial charge on any atom is 0.329 e. The van der Waals surface area contributed by atoms with Gasteiger partial charge in [-0.2, -0.15) is 0 Å². The number of ether oxygens (including phenoxy) is 1. The monoisotopic (exact) mass is 331 g/mol. The lowest BCUT2D eigenvalue weighted by Crippen LogP contribution is -2.56. The molecule has 3 rings (SSSR count). The minimum atomic E-state index is -1.07. The van der Waals surface area contributed by atoms with Crippen LogP contribution in [0, 0.1) is 5.92 Å². The molecule has 1 N–H and O–H groups in total. The van der Waals surface area contributed by atoms with Gasteiger partial charge in [-0.25, -0.2) is 4.79 Å². The van der Waals surface area contributed by atoms with E-state index in [-0.39, 0.29) is 5.91 Å². The van der Waals surface area contributed by atoms with Gasteiger partial charge in [0.2, 0.25) is 0 Å². The Labute approximate surface area is 142 Å². The van der Waals surface area contributed by atoms with Crippen LogP contribution < -0.4 is 4.74 Å². The molecule has 24 heavy (non-hydrogen) atoms. The van der Waals surface area contributed by atoms with E-state index in [1.54, 1.807) is 31.3 Å². The van der Waals surface area contributed by atoms with E-state index in [0.29, 0.717) is 24.3 Å². The number of carboxylic acids is 1. The smallest absolute Gasteiger partial charge is 0.329 e. The maximum absolute atomic E-state index is 12.8. The Bertz CT molecular complexity index is 600. The largest absolute Gasteiger partial charge is 0.493 e. The van der Waals surface area contributed by atoms with E-state index >= 15 is 0 Å². The molecule has 2 fully saturated rings. The van der Waals surface area contributed by atoms with Crippen LogP contribution in [0.1, 0.15) is 55.3 Å². The average molecular weight is 331 g/mol. The van der Waals surface area contributed by atoms with Gasteiger partial charge in [0.25, 0.3) is 5.91 Å². The zero-order chi connectivity index (χ0) is 17.2. The second-order valence-corrected chi connectivity index (χ2v) is 7.04. The highest BCUT2D eigenvalue weighted by Gasteiger charge is 2.45. The Morgan fingerprint density at radius 2 is 1.79 bits per heavy atom. The van der Waals surface area contributed by atoms with E-state index in [1.165, 1.54) is 17.7 Å². The Balaban J connectivity index is 1.70. The van der Waals surface area contributed by atoms with Crippen molar-refractivity contribution in [1.29, 1.82) is 0 Å². The van der Waals surface area contributed by atoms with E-state index in [2.05, 4.69) is 0 Å². The lowest BCUT2D eigenvalue weighted by Gasteiger charge is -2.41. The molecule has 1 aromatic carbocycles. The van der Waals surface area contributed by atoms with Crippen molar-refractivity contribution >= 4 is 11.9 Å². The number of hydrogen-bond donors (Lipinski definition) is 1. The summed E-state index contributed by atoms with van der Waals surface area (Å²) in [5.41, 5.74) is -0.571. The minimum absolute atomic E-state index is 0.243. The van der Waals surface area contributed by atoms with Crippen molar-refractivity contribution in [2.45, 2.75) is 50.5 Å². The Kier molecular flexibility index (Phi) is 4.78. The fraction of sp³-hybridized carbons (Fsp3) is 0.579. The number of carboxylic acid groups (broad SMARTS) is 1. The molecule has 0 radical (unpaired) electrons. The first-order chi connectivity index (χ1) is 11.5. The fourth-order valence-corrected chi connectivity index (χ4v) is 3.41. The number of aliphatic carboxylic acids is 1. The average Bonchev–Trinajstić information content (AvgIpc) is 3.44. The van der Waals surface area contributed by atoms with Gasteiger partial charge in [-0.1, -0.05) is 19.3 Å². The Hall–Kier alpha value is -2.04. The number of amides is 1. The van der Waals surface area contributed by atoms with Crippen molar-refractivity contribution in [1.82, 2.24) is 4.90 Å². The molecule has 0 aliphatic heterocycles. The van der Waals surface area contributed by atoms with Gasteiger partial charge in [-0.15, -0.1) is 0 Å². The first-order valence-corrected chi connectivity index (χ1v) is 8.77. The second-order valence-electron chi connectivity index (χ2n) is 7.04. The third-order valence-electron chi connectivity index (χ3n) is 5.31. The van der Waals surface area contributed by atoms with Crippen LogP contribution in [0.5, 0.6) is 5.75 Å². The topological polar surface area (TPSA) is 66.8 Å². The first-order valence-electron chi connectivity index (χ1n) is 8.77. The third-order valence-corrected chi connectivity index (χ3v) is 5.31. The molecular formula is C19H25NO4. The number of benzene rings is 1. The van der Waals surface area contributed by atoms with Crippen LogP contribution in [-0.2, 0) is 4.79 Å². The van der Waals surface area contributed by atoms with Crippen molar-refractivity contribution in [3.05, 3.63) is 29.8 Å². The second kappa shape index (κ2) is 6.83. The van der Waals surface area contributed by atoms with Crippen LogP contribution in [0.15, 0.2) is 24.3 Å². The van der Waals surface area contributed by atoms with Crippen molar-refractivity contribution < 1.29 is 19.4 Å². The minimum Gasteiger partial charge on any atom is -0.493 e. The van der Waals surface area contributed by atoms with Gasteiger partial charge in [0.15, 0.2) is 0 Å². The summed E-state index contributed by atoms with van der Waals surface area (Å²) < 4.78 is 5.68. The van der Waals surface area contributed by atoms with E-state index < -0.39 is 11.5 Å². The van der Waals surface area contributed by atoms with Crippen LogP contribution in [0.2, 0.25) is 0 Å². The van der Waals surface area contributed by atoms with E-state index in [4.69, 9.17) is 4.74 Å². The normalized spacial score (nSPS) is 19.5. The maximum atomic E-state index is 12.8. The predicted molar refractivity (Wildman–Crippen MR) is 90.2 cm³/mol. The first kappa shape index (κ1) is 16.8. The van der Waals surface area contributed by atoms with Crippen LogP contribution in [0.3, 0.4) is 0 Å². The molecule has 0 atom stereocenters. The molecule has 2 aliphatic carbocycles. The lowest BCUT2D eigenvalue weighted by atomic mass is 9.80. The Morgan fingerprint density at radius 3 is 2.33 bits per heavy atom. The van der Waals surface area contributed by atoms with E-state index in [0.717, 1.165) is 31.6 Å². The molecular weight excluding hydrogens is 306 g/mol. The summed E-state index contributed by atoms with van der Waals surface area (Å²) in [5.74, 6) is 0.293. The van der Waals surface area contributed by atoms with E-state index in [9.17, 15) is 14.7 Å². The Morgan fingerprint density at radius 1 is 1.17 bits per heavy atom. The number of nitrogens with zero attached hydrogens (tertiary/aromatic N) is 1. The number of carbonyl (C=O) groups excluding carboxylic acids is 1. The van der Waals surface area contributed by atoms with Gasteiger partial charge >= 0.3 is 5.97 Å². The predicted octanol–water partition coefficient (Wildman–Crippen LogP) is 3.33. The summed E-state index contributed by atoms with van der Waals surface area (Å²) >= 11 is 0. The molecule has 0 spiro atoms. The van der Waals surface area contributed by atoms with Gasteiger partial charge in [0.1, 0.15) is 11.3 Å². The zero-order valence-corrected chi connectivity index (χ0v) is 14.2. The molecule has 130 valence electrons. The summed E-state index contributed by atoms with van der Waals surface area (Å²) in [6, 6.07) is 7.02. The standard InChI is InChI=1S/C19H25NO4/c1-20(19(18(22)23)11-3-2-4-12-19)17(21)15-7-9-16(10-8-15)24-13-14-5-6-14/h7-10,14H,2-6,11-13H2,1H3,(H,22,23). The van der Waals surface area contributed by atoms with Gasteiger partial charge in [-0.05, 0) is 55.9 Å². The molecule has 0 unspecified atom stereocenters. The quantitative estimate of drug-likeness (QED) is 0.868. The molecule has 1 aromatic rings. The van der Waals surface area contributed by atoms with Crippen LogP contribution in [-0.4, -0.2) is 41.1 Å². The summed E-state index contributed by atoms with van der Waals surface area (Å²) in [6.45, 7) is 0.731. The van der Waals surface area contributed by atoms with Gasteiger partial charge < -0.3 is 14.7 Å². The SMILES string of the molecule is CN(C(=O)c1ccc(OCC2CC2)cc1)C1(C(=O)O)CCCCC1. The summed E-state index contributed by atoms with van der Waals surface area (Å²) in [6.07, 6.45) is 6.23. The molecule has 5 nitrogen and oxygen atoms in total. The van der Waals surface area contributed by atoms with Crippen molar-refractivity contribution in [2.24, 2.45) is 5.92 Å². The molecule has 0 aromatic heterocycles. The summed E-state index contributed by atoms with van der Waals surface area (Å²) in [4.78, 5) is 26.0. The van der Waals surface area contributed by atoms with Crippen LogP contribution >= 0.6 is 0 Å². The highest BCUT2D eigenvalue weighted by molar-refractivity contribution is 5.97. The number of rotatable bonds is 6. The van der Waals surface area contributed by atoms with Gasteiger partial charge in [0.05, 0.1) is 6.61 Å². The highest BCUT2D eigenvalue weighted by atomic mass is 16.5. The van der Waals surface area contributed by atoms with Crippen molar-refractivity contribution in [2.75, 3.05) is 13.7 Å². The third kappa shape index (κ3) is 3.40. The van der Waals surface area contributed by atoms with Gasteiger partial charge in [0, 0.05) is 12.6 Å². The lowest BCUT2D eigenvalue weighted by molar-refractivity contribution is -0.151. The molecule has 0 saturated heterocycles. The molecule has 0 bridgehead atoms. The van der Waals surface area contributed by atoms with Gasteiger partial charge in [-0.3, -0.25) is 4.79 Å².